The summed E-state index contributed by atoms with van der Waals surface area (Å²) in [5, 5.41) is 0.614. The molecule has 6 heteroatoms. The Morgan fingerprint density at radius 3 is 2.65 bits per heavy atom. The van der Waals surface area contributed by atoms with Crippen molar-refractivity contribution in [2.24, 2.45) is 0 Å². The topological polar surface area (TPSA) is 46.1 Å². The molecule has 26 heavy (non-hydrogen) atoms. The third kappa shape index (κ3) is 4.32. The molecule has 3 aromatic rings. The van der Waals surface area contributed by atoms with Crippen molar-refractivity contribution in [3.05, 3.63) is 70.7 Å². The number of pyridine rings is 1. The van der Waals surface area contributed by atoms with E-state index in [1.54, 1.807) is 42.5 Å². The largest absolute Gasteiger partial charge is 0.345 e. The smallest absolute Gasteiger partial charge is 0.227 e. The Kier molecular flexibility index (Phi) is 5.73. The molecule has 0 aliphatic rings. The third-order valence-electron chi connectivity index (χ3n) is 4.22. The number of rotatable bonds is 6. The predicted octanol–water partition coefficient (Wildman–Crippen LogP) is 3.90. The first-order valence-electron chi connectivity index (χ1n) is 8.38. The summed E-state index contributed by atoms with van der Waals surface area (Å²) < 4.78 is 14.0. The molecule has 0 aliphatic heterocycles. The van der Waals surface area contributed by atoms with Crippen LogP contribution in [-0.2, 0) is 17.6 Å². The number of thiazole rings is 1. The molecule has 0 N–H and O–H groups in total. The Labute approximate surface area is 156 Å². The second-order valence-corrected chi connectivity index (χ2v) is 7.19. The summed E-state index contributed by atoms with van der Waals surface area (Å²) >= 11 is 1.38. The van der Waals surface area contributed by atoms with Gasteiger partial charge in [0.2, 0.25) is 5.91 Å². The van der Waals surface area contributed by atoms with Gasteiger partial charge in [0.1, 0.15) is 10.8 Å². The number of hydrogen-bond acceptors (Lipinski definition) is 4. The number of amides is 1. The van der Waals surface area contributed by atoms with Gasteiger partial charge in [0.15, 0.2) is 0 Å². The van der Waals surface area contributed by atoms with E-state index < -0.39 is 0 Å². The highest BCUT2D eigenvalue weighted by Gasteiger charge is 2.17. The summed E-state index contributed by atoms with van der Waals surface area (Å²) in [5.41, 5.74) is 2.41. The Balaban J connectivity index is 1.65. The molecule has 0 spiro atoms. The first kappa shape index (κ1) is 18.2. The highest BCUT2D eigenvalue weighted by Crippen LogP contribution is 2.30. The molecule has 0 bridgehead atoms. The fraction of sp³-hybridized carbons (Fsp3) is 0.250. The van der Waals surface area contributed by atoms with Gasteiger partial charge in [-0.15, -0.1) is 11.3 Å². The standard InChI is InChI=1S/C20H20FN3OS/c1-14-18(26-20(23-14)16-5-3-4-6-17(16)21)13-19(25)24(2)12-9-15-7-10-22-11-8-15/h3-8,10-11H,9,12-13H2,1-2H3. The van der Waals surface area contributed by atoms with E-state index >= 15 is 0 Å². The van der Waals surface area contributed by atoms with Gasteiger partial charge in [0.25, 0.3) is 0 Å². The zero-order valence-electron chi connectivity index (χ0n) is 14.8. The number of carbonyl (C=O) groups excluding carboxylic acids is 1. The molecule has 2 aromatic heterocycles. The highest BCUT2D eigenvalue weighted by atomic mass is 32.1. The molecule has 2 heterocycles. The molecular formula is C20H20FN3OS. The molecular weight excluding hydrogens is 349 g/mol. The fourth-order valence-electron chi connectivity index (χ4n) is 2.59. The number of aryl methyl sites for hydroxylation is 1. The average Bonchev–Trinajstić information content (AvgIpc) is 3.01. The molecule has 0 unspecified atom stereocenters. The third-order valence-corrected chi connectivity index (χ3v) is 5.41. The van der Waals surface area contributed by atoms with E-state index in [1.165, 1.54) is 17.4 Å². The van der Waals surface area contributed by atoms with Gasteiger partial charge in [-0.05, 0) is 43.2 Å². The van der Waals surface area contributed by atoms with E-state index in [9.17, 15) is 9.18 Å². The summed E-state index contributed by atoms with van der Waals surface area (Å²) in [6.07, 6.45) is 4.57. The number of aromatic nitrogens is 2. The van der Waals surface area contributed by atoms with Crippen molar-refractivity contribution in [2.75, 3.05) is 13.6 Å². The van der Waals surface area contributed by atoms with Crippen LogP contribution in [0.5, 0.6) is 0 Å². The predicted molar refractivity (Wildman–Crippen MR) is 102 cm³/mol. The van der Waals surface area contributed by atoms with Crippen LogP contribution in [0.15, 0.2) is 48.8 Å². The average molecular weight is 369 g/mol. The van der Waals surface area contributed by atoms with Gasteiger partial charge in [-0.1, -0.05) is 12.1 Å². The number of nitrogens with zero attached hydrogens (tertiary/aromatic N) is 3. The fourth-order valence-corrected chi connectivity index (χ4v) is 3.67. The van der Waals surface area contributed by atoms with Crippen molar-refractivity contribution < 1.29 is 9.18 Å². The summed E-state index contributed by atoms with van der Waals surface area (Å²) in [6.45, 7) is 2.50. The van der Waals surface area contributed by atoms with Gasteiger partial charge >= 0.3 is 0 Å². The molecule has 4 nitrogen and oxygen atoms in total. The number of benzene rings is 1. The van der Waals surface area contributed by atoms with Crippen molar-refractivity contribution >= 4 is 17.2 Å². The Morgan fingerprint density at radius 2 is 1.92 bits per heavy atom. The van der Waals surface area contributed by atoms with Gasteiger partial charge in [-0.3, -0.25) is 9.78 Å². The van der Waals surface area contributed by atoms with Gasteiger partial charge in [-0.2, -0.15) is 0 Å². The lowest BCUT2D eigenvalue weighted by atomic mass is 10.2. The monoisotopic (exact) mass is 369 g/mol. The van der Waals surface area contributed by atoms with Gasteiger partial charge in [0, 0.05) is 36.4 Å². The Morgan fingerprint density at radius 1 is 1.19 bits per heavy atom. The first-order valence-corrected chi connectivity index (χ1v) is 9.20. The molecule has 134 valence electrons. The van der Waals surface area contributed by atoms with Crippen LogP contribution in [0.3, 0.4) is 0 Å². The molecule has 0 radical (unpaired) electrons. The van der Waals surface area contributed by atoms with E-state index in [0.29, 0.717) is 17.1 Å². The molecule has 1 amide bonds. The number of hydrogen-bond donors (Lipinski definition) is 0. The number of carbonyl (C=O) groups is 1. The SMILES string of the molecule is Cc1nc(-c2ccccc2F)sc1CC(=O)N(C)CCc1ccncc1. The second-order valence-electron chi connectivity index (χ2n) is 6.10. The van der Waals surface area contributed by atoms with Crippen molar-refractivity contribution in [1.29, 1.82) is 0 Å². The van der Waals surface area contributed by atoms with Crippen molar-refractivity contribution in [3.63, 3.8) is 0 Å². The molecule has 0 aliphatic carbocycles. The molecule has 0 saturated heterocycles. The van der Waals surface area contributed by atoms with Crippen LogP contribution >= 0.6 is 11.3 Å². The van der Waals surface area contributed by atoms with E-state index in [2.05, 4.69) is 9.97 Å². The van der Waals surface area contributed by atoms with E-state index in [0.717, 1.165) is 22.6 Å². The van der Waals surface area contributed by atoms with Gasteiger partial charge in [0.05, 0.1) is 12.1 Å². The van der Waals surface area contributed by atoms with Crippen LogP contribution in [-0.4, -0.2) is 34.4 Å². The van der Waals surface area contributed by atoms with Gasteiger partial charge in [-0.25, -0.2) is 9.37 Å². The lowest BCUT2D eigenvalue weighted by molar-refractivity contribution is -0.129. The maximum atomic E-state index is 14.0. The Hall–Kier alpha value is -2.60. The highest BCUT2D eigenvalue weighted by molar-refractivity contribution is 7.15. The zero-order valence-corrected chi connectivity index (χ0v) is 15.6. The number of likely N-dealkylation sites (N-methyl/N-ethyl adjacent to an activating group) is 1. The van der Waals surface area contributed by atoms with E-state index in [4.69, 9.17) is 0 Å². The maximum Gasteiger partial charge on any atom is 0.227 e. The number of halogens is 1. The van der Waals surface area contributed by atoms with E-state index in [-0.39, 0.29) is 18.1 Å². The minimum Gasteiger partial charge on any atom is -0.345 e. The lowest BCUT2D eigenvalue weighted by Crippen LogP contribution is -2.30. The first-order chi connectivity index (χ1) is 12.5. The van der Waals surface area contributed by atoms with E-state index in [1.807, 2.05) is 19.1 Å². The summed E-state index contributed by atoms with van der Waals surface area (Å²) in [6, 6.07) is 10.5. The molecule has 0 saturated carbocycles. The summed E-state index contributed by atoms with van der Waals surface area (Å²) in [4.78, 5) is 23.6. The minimum atomic E-state index is -0.298. The van der Waals surface area contributed by atoms with Crippen molar-refractivity contribution in [2.45, 2.75) is 19.8 Å². The zero-order chi connectivity index (χ0) is 18.5. The van der Waals surface area contributed by atoms with Crippen LogP contribution in [0.25, 0.3) is 10.6 Å². The van der Waals surface area contributed by atoms with Crippen LogP contribution in [0.2, 0.25) is 0 Å². The molecule has 1 aromatic carbocycles. The molecule has 3 rings (SSSR count). The van der Waals surface area contributed by atoms with Crippen molar-refractivity contribution in [3.8, 4) is 10.6 Å². The minimum absolute atomic E-state index is 0.0332. The van der Waals surface area contributed by atoms with Crippen LogP contribution < -0.4 is 0 Å². The molecule has 0 atom stereocenters. The summed E-state index contributed by atoms with van der Waals surface area (Å²) in [7, 11) is 1.80. The van der Waals surface area contributed by atoms with Crippen LogP contribution in [0, 0.1) is 12.7 Å². The van der Waals surface area contributed by atoms with Crippen molar-refractivity contribution in [1.82, 2.24) is 14.9 Å². The quantitative estimate of drug-likeness (QED) is 0.662. The Bertz CT molecular complexity index is 895. The van der Waals surface area contributed by atoms with Crippen LogP contribution in [0.1, 0.15) is 16.1 Å². The normalized spacial score (nSPS) is 10.7. The second kappa shape index (κ2) is 8.19. The van der Waals surface area contributed by atoms with Crippen LogP contribution in [0.4, 0.5) is 4.39 Å². The summed E-state index contributed by atoms with van der Waals surface area (Å²) in [5.74, 6) is -0.264. The lowest BCUT2D eigenvalue weighted by Gasteiger charge is -2.16. The molecule has 0 fully saturated rings. The van der Waals surface area contributed by atoms with Gasteiger partial charge < -0.3 is 4.90 Å². The maximum absolute atomic E-state index is 14.0.